The number of carbonyl (C=O) groups excluding carboxylic acids is 1. The van der Waals surface area contributed by atoms with Crippen molar-refractivity contribution in [3.8, 4) is 0 Å². The lowest BCUT2D eigenvalue weighted by molar-refractivity contribution is -0.0884. The molecule has 0 radical (unpaired) electrons. The summed E-state index contributed by atoms with van der Waals surface area (Å²) in [5.74, 6) is -2.02. The highest BCUT2D eigenvalue weighted by atomic mass is 35.5. The molecule has 1 unspecified atom stereocenters. The van der Waals surface area contributed by atoms with Crippen molar-refractivity contribution in [3.05, 3.63) is 17.7 Å². The number of nitrogens with zero attached hydrogens (tertiary/aromatic N) is 1. The predicted molar refractivity (Wildman–Crippen MR) is 75.8 cm³/mol. The summed E-state index contributed by atoms with van der Waals surface area (Å²) in [6, 6.07) is 2.54. The third kappa shape index (κ3) is 4.47. The maximum atomic E-state index is 12.3. The van der Waals surface area contributed by atoms with Crippen LogP contribution in [0.4, 0.5) is 24.8 Å². The summed E-state index contributed by atoms with van der Waals surface area (Å²) in [5.41, 5.74) is 4.82. The SMILES string of the molecule is Cl.Nc1nc(NC2CCCNC2)ccc1C(=O)C(F)(F)F. The summed E-state index contributed by atoms with van der Waals surface area (Å²) >= 11 is 0. The van der Waals surface area contributed by atoms with Gasteiger partial charge in [-0.15, -0.1) is 12.4 Å². The quantitative estimate of drug-likeness (QED) is 0.741. The molecule has 2 rings (SSSR count). The van der Waals surface area contributed by atoms with E-state index in [2.05, 4.69) is 15.6 Å². The van der Waals surface area contributed by atoms with Gasteiger partial charge in [-0.1, -0.05) is 0 Å². The number of nitrogens with one attached hydrogen (secondary N) is 2. The molecule has 1 aromatic rings. The topological polar surface area (TPSA) is 80.0 Å². The van der Waals surface area contributed by atoms with E-state index < -0.39 is 23.3 Å². The molecule has 0 bridgehead atoms. The Hall–Kier alpha value is -1.54. The first kappa shape index (κ1) is 17.5. The summed E-state index contributed by atoms with van der Waals surface area (Å²) in [6.45, 7) is 1.71. The molecule has 0 saturated carbocycles. The molecular weight excluding hydrogens is 309 g/mol. The van der Waals surface area contributed by atoms with E-state index in [0.717, 1.165) is 32.0 Å². The van der Waals surface area contributed by atoms with Crippen LogP contribution in [0.2, 0.25) is 0 Å². The molecule has 5 nitrogen and oxygen atoms in total. The number of Topliss-reactive ketones (excluding diaryl/α,β-unsaturated/α-hetero) is 1. The first-order chi connectivity index (χ1) is 9.38. The molecule has 1 aliphatic heterocycles. The largest absolute Gasteiger partial charge is 0.455 e. The number of alkyl halides is 3. The van der Waals surface area contributed by atoms with Crippen molar-refractivity contribution in [3.63, 3.8) is 0 Å². The molecule has 1 aromatic heterocycles. The molecular formula is C12H16ClF3N4O. The van der Waals surface area contributed by atoms with Crippen LogP contribution in [-0.2, 0) is 0 Å². The van der Waals surface area contributed by atoms with Crippen LogP contribution in [0.15, 0.2) is 12.1 Å². The van der Waals surface area contributed by atoms with Gasteiger partial charge in [-0.05, 0) is 31.5 Å². The van der Waals surface area contributed by atoms with E-state index in [1.165, 1.54) is 6.07 Å². The van der Waals surface area contributed by atoms with E-state index in [1.54, 1.807) is 0 Å². The minimum atomic E-state index is -4.95. The number of anilines is 2. The average molecular weight is 325 g/mol. The number of piperidine rings is 1. The van der Waals surface area contributed by atoms with Crippen molar-refractivity contribution < 1.29 is 18.0 Å². The van der Waals surface area contributed by atoms with Crippen LogP contribution in [0.25, 0.3) is 0 Å². The predicted octanol–water partition coefficient (Wildman–Crippen LogP) is 1.99. The number of hydrogen-bond donors (Lipinski definition) is 3. The second-order valence-corrected chi connectivity index (χ2v) is 4.64. The number of nitrogen functional groups attached to an aromatic ring is 1. The van der Waals surface area contributed by atoms with Gasteiger partial charge in [0.2, 0.25) is 0 Å². The van der Waals surface area contributed by atoms with Crippen molar-refractivity contribution in [1.82, 2.24) is 10.3 Å². The molecule has 1 atom stereocenters. The zero-order valence-electron chi connectivity index (χ0n) is 11.0. The minimum absolute atomic E-state index is 0. The number of nitrogens with two attached hydrogens (primary N) is 1. The first-order valence-corrected chi connectivity index (χ1v) is 6.23. The highest BCUT2D eigenvalue weighted by Gasteiger charge is 2.40. The lowest BCUT2D eigenvalue weighted by Gasteiger charge is -2.24. The van der Waals surface area contributed by atoms with Gasteiger partial charge in [-0.3, -0.25) is 4.79 Å². The fourth-order valence-electron chi connectivity index (χ4n) is 2.08. The number of aromatic nitrogens is 1. The summed E-state index contributed by atoms with van der Waals surface area (Å²) < 4.78 is 37.0. The Kier molecular flexibility index (Phi) is 5.79. The zero-order valence-corrected chi connectivity index (χ0v) is 11.9. The Morgan fingerprint density at radius 3 is 2.67 bits per heavy atom. The zero-order chi connectivity index (χ0) is 14.8. The fourth-order valence-corrected chi connectivity index (χ4v) is 2.08. The van der Waals surface area contributed by atoms with Crippen molar-refractivity contribution in [2.45, 2.75) is 25.1 Å². The lowest BCUT2D eigenvalue weighted by Crippen LogP contribution is -2.38. The molecule has 2 heterocycles. The molecule has 1 aliphatic rings. The highest BCUT2D eigenvalue weighted by molar-refractivity contribution is 6.03. The lowest BCUT2D eigenvalue weighted by atomic mass is 10.1. The van der Waals surface area contributed by atoms with Crippen LogP contribution in [0.1, 0.15) is 23.2 Å². The fraction of sp³-hybridized carbons (Fsp3) is 0.500. The van der Waals surface area contributed by atoms with E-state index in [-0.39, 0.29) is 18.4 Å². The molecule has 9 heteroatoms. The van der Waals surface area contributed by atoms with Gasteiger partial charge >= 0.3 is 6.18 Å². The number of pyridine rings is 1. The van der Waals surface area contributed by atoms with Gasteiger partial charge in [0.1, 0.15) is 11.6 Å². The van der Waals surface area contributed by atoms with Crippen LogP contribution in [-0.4, -0.2) is 36.1 Å². The van der Waals surface area contributed by atoms with E-state index in [4.69, 9.17) is 5.73 Å². The van der Waals surface area contributed by atoms with E-state index >= 15 is 0 Å². The van der Waals surface area contributed by atoms with E-state index in [9.17, 15) is 18.0 Å². The van der Waals surface area contributed by atoms with Crippen molar-refractivity contribution in [2.75, 3.05) is 24.1 Å². The molecule has 0 spiro atoms. The van der Waals surface area contributed by atoms with Gasteiger partial charge in [-0.2, -0.15) is 13.2 Å². The van der Waals surface area contributed by atoms with E-state index in [1.807, 2.05) is 0 Å². The molecule has 1 fully saturated rings. The number of halogens is 4. The van der Waals surface area contributed by atoms with Crippen molar-refractivity contribution in [1.29, 1.82) is 0 Å². The van der Waals surface area contributed by atoms with Crippen molar-refractivity contribution in [2.24, 2.45) is 0 Å². The Labute approximate surface area is 125 Å². The summed E-state index contributed by atoms with van der Waals surface area (Å²) in [6.07, 6.45) is -2.99. The normalized spacial score (nSPS) is 18.7. The number of carbonyl (C=O) groups is 1. The van der Waals surface area contributed by atoms with Crippen molar-refractivity contribution >= 4 is 29.8 Å². The number of hydrogen-bond acceptors (Lipinski definition) is 5. The monoisotopic (exact) mass is 324 g/mol. The highest BCUT2D eigenvalue weighted by Crippen LogP contribution is 2.25. The molecule has 0 amide bonds. The van der Waals surface area contributed by atoms with E-state index in [0.29, 0.717) is 5.82 Å². The second kappa shape index (κ2) is 6.95. The molecule has 4 N–H and O–H groups in total. The molecule has 118 valence electrons. The first-order valence-electron chi connectivity index (χ1n) is 6.23. The Bertz CT molecular complexity index is 504. The van der Waals surface area contributed by atoms with Crippen LogP contribution < -0.4 is 16.4 Å². The average Bonchev–Trinajstić information content (AvgIpc) is 2.38. The standard InChI is InChI=1S/C12H15F3N4O.ClH/c13-12(14,15)10(20)8-3-4-9(19-11(8)16)18-7-2-1-5-17-6-7;/h3-4,7,17H,1-2,5-6H2,(H3,16,18,19);1H. The van der Waals surface area contributed by atoms with Gasteiger partial charge in [0.25, 0.3) is 5.78 Å². The number of ketones is 1. The maximum Gasteiger partial charge on any atom is 0.455 e. The minimum Gasteiger partial charge on any atom is -0.383 e. The van der Waals surface area contributed by atoms with Crippen LogP contribution in [0.5, 0.6) is 0 Å². The smallest absolute Gasteiger partial charge is 0.383 e. The Morgan fingerprint density at radius 1 is 1.43 bits per heavy atom. The summed E-state index contributed by atoms with van der Waals surface area (Å²) in [5, 5.41) is 6.28. The third-order valence-electron chi connectivity index (χ3n) is 3.08. The van der Waals surface area contributed by atoms with Crippen LogP contribution in [0.3, 0.4) is 0 Å². The van der Waals surface area contributed by atoms with Gasteiger partial charge in [0.05, 0.1) is 5.56 Å². The van der Waals surface area contributed by atoms with Crippen LogP contribution >= 0.6 is 12.4 Å². The third-order valence-corrected chi connectivity index (χ3v) is 3.08. The Balaban J connectivity index is 0.00000220. The molecule has 1 saturated heterocycles. The van der Waals surface area contributed by atoms with Gasteiger partial charge < -0.3 is 16.4 Å². The molecule has 0 aromatic carbocycles. The Morgan fingerprint density at radius 2 is 2.14 bits per heavy atom. The maximum absolute atomic E-state index is 12.3. The van der Waals surface area contributed by atoms with Gasteiger partial charge in [0.15, 0.2) is 0 Å². The number of rotatable bonds is 3. The molecule has 21 heavy (non-hydrogen) atoms. The summed E-state index contributed by atoms with van der Waals surface area (Å²) in [7, 11) is 0. The van der Waals surface area contributed by atoms with Gasteiger partial charge in [-0.25, -0.2) is 4.98 Å². The van der Waals surface area contributed by atoms with Crippen LogP contribution in [0, 0.1) is 0 Å². The summed E-state index contributed by atoms with van der Waals surface area (Å²) in [4.78, 5) is 14.9. The van der Waals surface area contributed by atoms with Gasteiger partial charge in [0, 0.05) is 12.6 Å². The second-order valence-electron chi connectivity index (χ2n) is 4.64. The molecule has 0 aliphatic carbocycles.